The highest BCUT2D eigenvalue weighted by Gasteiger charge is 2.26. The summed E-state index contributed by atoms with van der Waals surface area (Å²) in [5.41, 5.74) is 5.37. The molecule has 9 heteroatoms. The van der Waals surface area contributed by atoms with E-state index in [9.17, 15) is 19.4 Å². The van der Waals surface area contributed by atoms with Gasteiger partial charge >= 0.3 is 7.82 Å². The van der Waals surface area contributed by atoms with Crippen LogP contribution in [0.25, 0.3) is 0 Å². The van der Waals surface area contributed by atoms with Crippen molar-refractivity contribution in [3.63, 3.8) is 0 Å². The van der Waals surface area contributed by atoms with Crippen molar-refractivity contribution >= 4 is 13.7 Å². The Bertz CT molecular complexity index is 875. The number of amides is 1. The molecule has 328 valence electrons. The third-order valence-corrected chi connectivity index (χ3v) is 11.8. The van der Waals surface area contributed by atoms with E-state index in [0.717, 1.165) is 38.5 Å². The number of hydrogen-bond acceptors (Lipinski definition) is 6. The highest BCUT2D eigenvalue weighted by molar-refractivity contribution is 7.47. The minimum atomic E-state index is -4.33. The second kappa shape index (κ2) is 42.8. The number of carbonyl (C=O) groups excluding carboxylic acids is 1. The number of rotatable bonds is 45. The normalized spacial score (nSPS) is 14.1. The van der Waals surface area contributed by atoms with Gasteiger partial charge in [-0.15, -0.1) is 0 Å². The van der Waals surface area contributed by atoms with Crippen LogP contribution in [0, 0.1) is 0 Å². The quantitative estimate of drug-likeness (QED) is 0.0274. The summed E-state index contributed by atoms with van der Waals surface area (Å²) >= 11 is 0. The summed E-state index contributed by atoms with van der Waals surface area (Å²) in [5, 5.41) is 13.7. The minimum absolute atomic E-state index is 0.0813. The zero-order valence-electron chi connectivity index (χ0n) is 36.4. The van der Waals surface area contributed by atoms with Gasteiger partial charge in [0.05, 0.1) is 25.4 Å². The monoisotopic (exact) mass is 801 g/mol. The van der Waals surface area contributed by atoms with Crippen LogP contribution in [0.3, 0.4) is 0 Å². The molecule has 0 aromatic heterocycles. The van der Waals surface area contributed by atoms with E-state index in [-0.39, 0.29) is 25.7 Å². The average Bonchev–Trinajstić information content (AvgIpc) is 3.17. The predicted molar refractivity (Wildman–Crippen MR) is 235 cm³/mol. The van der Waals surface area contributed by atoms with E-state index >= 15 is 0 Å². The molecule has 0 heterocycles. The Hall–Kier alpha value is -0.760. The molecule has 0 bridgehead atoms. The first-order valence-corrected chi connectivity index (χ1v) is 25.3. The summed E-state index contributed by atoms with van der Waals surface area (Å²) in [7, 11) is -4.33. The average molecular weight is 801 g/mol. The largest absolute Gasteiger partial charge is 0.472 e. The minimum Gasteiger partial charge on any atom is -0.387 e. The fourth-order valence-corrected chi connectivity index (χ4v) is 8.01. The Morgan fingerprint density at radius 3 is 1.29 bits per heavy atom. The SMILES string of the molecule is CCCCCCCCCCC/C=C/[C@@H](O)[C@H](COP(=O)(O)OCCN)NC(=O)CCCCCCCCCCCCCCCCCCCCCCCCCCC. The Kier molecular flexibility index (Phi) is 42.2. The van der Waals surface area contributed by atoms with E-state index in [2.05, 4.69) is 19.2 Å². The third kappa shape index (κ3) is 41.2. The molecule has 0 fully saturated rings. The van der Waals surface area contributed by atoms with Crippen LogP contribution in [0.4, 0.5) is 0 Å². The van der Waals surface area contributed by atoms with Gasteiger partial charge in [-0.25, -0.2) is 4.57 Å². The van der Waals surface area contributed by atoms with Crippen molar-refractivity contribution in [1.82, 2.24) is 5.32 Å². The number of hydrogen-bond donors (Lipinski definition) is 4. The molecule has 0 rings (SSSR count). The highest BCUT2D eigenvalue weighted by atomic mass is 31.2. The molecule has 0 aliphatic heterocycles. The van der Waals surface area contributed by atoms with Gasteiger partial charge in [0.15, 0.2) is 0 Å². The van der Waals surface area contributed by atoms with Crippen LogP contribution >= 0.6 is 7.82 Å². The summed E-state index contributed by atoms with van der Waals surface area (Å²) < 4.78 is 22.1. The van der Waals surface area contributed by atoms with E-state index in [1.54, 1.807) is 6.08 Å². The van der Waals surface area contributed by atoms with Gasteiger partial charge in [0.1, 0.15) is 0 Å². The van der Waals surface area contributed by atoms with Gasteiger partial charge in [-0.1, -0.05) is 231 Å². The second-order valence-corrected chi connectivity index (χ2v) is 17.8. The molecule has 0 radical (unpaired) electrons. The van der Waals surface area contributed by atoms with Gasteiger partial charge in [-0.3, -0.25) is 13.8 Å². The first-order chi connectivity index (χ1) is 26.9. The molecule has 3 atom stereocenters. The smallest absolute Gasteiger partial charge is 0.387 e. The van der Waals surface area contributed by atoms with E-state index in [1.807, 2.05) is 6.08 Å². The molecule has 0 saturated carbocycles. The zero-order chi connectivity index (χ0) is 40.3. The molecule has 0 spiro atoms. The maximum atomic E-state index is 12.8. The molecule has 0 aromatic rings. The Labute approximate surface area is 341 Å². The molecular weight excluding hydrogens is 707 g/mol. The number of nitrogens with two attached hydrogens (primary N) is 1. The topological polar surface area (TPSA) is 131 Å². The van der Waals surface area contributed by atoms with Crippen molar-refractivity contribution < 1.29 is 28.4 Å². The standard InChI is InChI=1S/C46H93N2O6P/c1-3-5-7-9-11-13-15-16-17-18-19-20-21-22-23-24-25-26-27-28-30-32-34-36-38-40-46(50)48-44(43-54-55(51,52)53-42-41-47)45(49)39-37-35-33-31-29-14-12-10-8-6-4-2/h37,39,44-45,49H,3-36,38,40-43,47H2,1-2H3,(H,48,50)(H,51,52)/b39-37+/t44-,45+/m0/s1. The Morgan fingerprint density at radius 2 is 0.927 bits per heavy atom. The molecule has 55 heavy (non-hydrogen) atoms. The number of phosphoric acid groups is 1. The van der Waals surface area contributed by atoms with Crippen LogP contribution in [0.2, 0.25) is 0 Å². The van der Waals surface area contributed by atoms with Crippen LogP contribution in [-0.2, 0) is 18.4 Å². The third-order valence-electron chi connectivity index (χ3n) is 10.9. The van der Waals surface area contributed by atoms with Crippen LogP contribution in [-0.4, -0.2) is 47.8 Å². The van der Waals surface area contributed by atoms with E-state index < -0.39 is 20.0 Å². The summed E-state index contributed by atoms with van der Waals surface area (Å²) in [6.07, 6.45) is 48.5. The van der Waals surface area contributed by atoms with Crippen molar-refractivity contribution in [2.75, 3.05) is 19.8 Å². The fourth-order valence-electron chi connectivity index (χ4n) is 7.25. The number of aliphatic hydroxyl groups excluding tert-OH is 1. The van der Waals surface area contributed by atoms with Gasteiger partial charge in [0.2, 0.25) is 5.91 Å². The van der Waals surface area contributed by atoms with Crippen molar-refractivity contribution in [1.29, 1.82) is 0 Å². The van der Waals surface area contributed by atoms with Crippen molar-refractivity contribution in [3.8, 4) is 0 Å². The van der Waals surface area contributed by atoms with Gasteiger partial charge in [0, 0.05) is 13.0 Å². The number of phosphoric ester groups is 1. The van der Waals surface area contributed by atoms with Crippen molar-refractivity contribution in [2.45, 2.75) is 257 Å². The first-order valence-electron chi connectivity index (χ1n) is 23.8. The molecule has 1 amide bonds. The highest BCUT2D eigenvalue weighted by Crippen LogP contribution is 2.43. The lowest BCUT2D eigenvalue weighted by Gasteiger charge is -2.23. The number of carbonyl (C=O) groups is 1. The van der Waals surface area contributed by atoms with E-state index in [0.29, 0.717) is 6.42 Å². The summed E-state index contributed by atoms with van der Waals surface area (Å²) in [6.45, 7) is 4.15. The number of nitrogens with one attached hydrogen (secondary N) is 1. The lowest BCUT2D eigenvalue weighted by molar-refractivity contribution is -0.123. The summed E-state index contributed by atoms with van der Waals surface area (Å²) in [4.78, 5) is 22.7. The number of allylic oxidation sites excluding steroid dienone is 1. The van der Waals surface area contributed by atoms with Crippen LogP contribution in [0.1, 0.15) is 245 Å². The number of unbranched alkanes of at least 4 members (excludes halogenated alkanes) is 33. The summed E-state index contributed by atoms with van der Waals surface area (Å²) in [5.74, 6) is -0.190. The molecule has 0 aliphatic rings. The molecule has 8 nitrogen and oxygen atoms in total. The second-order valence-electron chi connectivity index (χ2n) is 16.3. The first kappa shape index (κ1) is 54.2. The molecule has 1 unspecified atom stereocenters. The summed E-state index contributed by atoms with van der Waals surface area (Å²) in [6, 6.07) is -0.854. The van der Waals surface area contributed by atoms with E-state index in [4.69, 9.17) is 14.8 Å². The van der Waals surface area contributed by atoms with Gasteiger partial charge in [0.25, 0.3) is 0 Å². The molecule has 0 aromatic carbocycles. The van der Waals surface area contributed by atoms with Crippen LogP contribution < -0.4 is 11.1 Å². The van der Waals surface area contributed by atoms with Crippen LogP contribution in [0.15, 0.2) is 12.2 Å². The Morgan fingerprint density at radius 1 is 0.582 bits per heavy atom. The predicted octanol–water partition coefficient (Wildman–Crippen LogP) is 13.6. The molecule has 5 N–H and O–H groups in total. The lowest BCUT2D eigenvalue weighted by atomic mass is 10.0. The van der Waals surface area contributed by atoms with Gasteiger partial charge < -0.3 is 21.1 Å². The van der Waals surface area contributed by atoms with Gasteiger partial charge in [-0.2, -0.15) is 0 Å². The fraction of sp³-hybridized carbons (Fsp3) is 0.935. The van der Waals surface area contributed by atoms with Gasteiger partial charge in [-0.05, 0) is 19.3 Å². The Balaban J connectivity index is 3.95. The van der Waals surface area contributed by atoms with Crippen molar-refractivity contribution in [2.24, 2.45) is 5.73 Å². The molecule has 0 aliphatic carbocycles. The maximum Gasteiger partial charge on any atom is 0.472 e. The number of aliphatic hydroxyl groups is 1. The maximum absolute atomic E-state index is 12.8. The zero-order valence-corrected chi connectivity index (χ0v) is 37.3. The lowest BCUT2D eigenvalue weighted by Crippen LogP contribution is -2.45. The van der Waals surface area contributed by atoms with Crippen molar-refractivity contribution in [3.05, 3.63) is 12.2 Å². The molecular formula is C46H93N2O6P. The van der Waals surface area contributed by atoms with Crippen LogP contribution in [0.5, 0.6) is 0 Å². The molecule has 0 saturated heterocycles. The van der Waals surface area contributed by atoms with E-state index in [1.165, 1.54) is 186 Å².